The van der Waals surface area contributed by atoms with Crippen molar-refractivity contribution in [2.24, 2.45) is 34.5 Å². The SMILES string of the molecule is CC(=O)O[C@H]1CC[C@@]2(C)[C@@H](CC[C@@H]3[C@@H]2CC(O)[C@]2(C)C(C(C)=O)=CC[C@@H]32)C1. The van der Waals surface area contributed by atoms with Crippen molar-refractivity contribution in [2.75, 3.05) is 0 Å². The number of carbonyl (C=O) groups excluding carboxylic acids is 2. The summed E-state index contributed by atoms with van der Waals surface area (Å²) < 4.78 is 5.53. The number of hydrogen-bond donors (Lipinski definition) is 1. The molecule has 4 aliphatic rings. The van der Waals surface area contributed by atoms with Crippen LogP contribution >= 0.6 is 0 Å². The van der Waals surface area contributed by atoms with Gasteiger partial charge in [-0.3, -0.25) is 9.59 Å². The van der Waals surface area contributed by atoms with Crippen molar-refractivity contribution in [3.05, 3.63) is 11.6 Å². The van der Waals surface area contributed by atoms with E-state index in [-0.39, 0.29) is 28.7 Å². The molecule has 0 amide bonds. The van der Waals surface area contributed by atoms with Gasteiger partial charge >= 0.3 is 5.97 Å². The average Bonchev–Trinajstić information content (AvgIpc) is 2.95. The Kier molecular flexibility index (Phi) is 4.57. The van der Waals surface area contributed by atoms with Crippen molar-refractivity contribution in [2.45, 2.75) is 84.8 Å². The van der Waals surface area contributed by atoms with Crippen LogP contribution in [0.4, 0.5) is 0 Å². The summed E-state index contributed by atoms with van der Waals surface area (Å²) in [6.45, 7) is 7.70. The highest BCUT2D eigenvalue weighted by Crippen LogP contribution is 2.66. The van der Waals surface area contributed by atoms with Gasteiger partial charge in [-0.15, -0.1) is 0 Å². The molecule has 3 fully saturated rings. The summed E-state index contributed by atoms with van der Waals surface area (Å²) in [5.41, 5.74) is 0.704. The minimum absolute atomic E-state index is 0.0633. The van der Waals surface area contributed by atoms with Crippen molar-refractivity contribution in [3.63, 3.8) is 0 Å². The third-order valence-corrected chi connectivity index (χ3v) is 9.02. The molecule has 0 aromatic heterocycles. The van der Waals surface area contributed by atoms with Gasteiger partial charge < -0.3 is 9.84 Å². The van der Waals surface area contributed by atoms with Crippen LogP contribution in [0.3, 0.4) is 0 Å². The van der Waals surface area contributed by atoms with E-state index in [2.05, 4.69) is 19.9 Å². The molecule has 4 heteroatoms. The standard InChI is InChI=1S/C23H34O4/c1-13(24)18-7-8-19-17-6-5-15-11-16(27-14(2)25)9-10-22(15,3)20(17)12-21(26)23(18,19)4/h7,15-17,19-21,26H,5-6,8-12H2,1-4H3/t15-,16-,17-,19-,20-,21?,22-,23+/m0/s1. The fourth-order valence-electron chi connectivity index (χ4n) is 7.63. The predicted octanol–water partition coefficient (Wildman–Crippen LogP) is 4.06. The van der Waals surface area contributed by atoms with Crippen LogP contribution in [0.1, 0.15) is 72.6 Å². The second-order valence-electron chi connectivity index (χ2n) is 10.1. The Hall–Kier alpha value is -1.16. The molecule has 150 valence electrons. The summed E-state index contributed by atoms with van der Waals surface area (Å²) in [6.07, 6.45) is 8.78. The maximum Gasteiger partial charge on any atom is 0.302 e. The summed E-state index contributed by atoms with van der Waals surface area (Å²) in [4.78, 5) is 23.6. The van der Waals surface area contributed by atoms with Gasteiger partial charge in [0.2, 0.25) is 0 Å². The molecule has 0 heterocycles. The lowest BCUT2D eigenvalue weighted by Gasteiger charge is -2.61. The quantitative estimate of drug-likeness (QED) is 0.741. The van der Waals surface area contributed by atoms with Crippen molar-refractivity contribution >= 4 is 11.8 Å². The lowest BCUT2D eigenvalue weighted by atomic mass is 9.44. The Labute approximate surface area is 162 Å². The number of rotatable bonds is 2. The van der Waals surface area contributed by atoms with Crippen molar-refractivity contribution in [1.29, 1.82) is 0 Å². The van der Waals surface area contributed by atoms with E-state index in [1.165, 1.54) is 19.8 Å². The second-order valence-corrected chi connectivity index (χ2v) is 10.1. The smallest absolute Gasteiger partial charge is 0.302 e. The largest absolute Gasteiger partial charge is 0.463 e. The zero-order chi connectivity index (χ0) is 19.6. The third-order valence-electron chi connectivity index (χ3n) is 9.02. The molecule has 8 atom stereocenters. The number of aliphatic hydroxyl groups is 1. The molecule has 0 aromatic rings. The number of allylic oxidation sites excluding steroid dienone is 1. The predicted molar refractivity (Wildman–Crippen MR) is 103 cm³/mol. The Balaban J connectivity index is 1.59. The van der Waals surface area contributed by atoms with E-state index < -0.39 is 6.10 Å². The van der Waals surface area contributed by atoms with Crippen molar-refractivity contribution in [3.8, 4) is 0 Å². The highest BCUT2D eigenvalue weighted by molar-refractivity contribution is 5.95. The van der Waals surface area contributed by atoms with E-state index in [9.17, 15) is 14.7 Å². The van der Waals surface area contributed by atoms with Crippen LogP contribution < -0.4 is 0 Å². The number of ketones is 1. The van der Waals surface area contributed by atoms with Crippen LogP contribution in [0.25, 0.3) is 0 Å². The summed E-state index contributed by atoms with van der Waals surface area (Å²) >= 11 is 0. The molecule has 27 heavy (non-hydrogen) atoms. The highest BCUT2D eigenvalue weighted by Gasteiger charge is 2.62. The van der Waals surface area contributed by atoms with Crippen LogP contribution in [-0.4, -0.2) is 29.1 Å². The molecule has 1 unspecified atom stereocenters. The Morgan fingerprint density at radius 2 is 1.85 bits per heavy atom. The van der Waals surface area contributed by atoms with Crippen LogP contribution in [0.2, 0.25) is 0 Å². The van der Waals surface area contributed by atoms with Crippen molar-refractivity contribution < 1.29 is 19.4 Å². The molecule has 0 aliphatic heterocycles. The fourth-order valence-corrected chi connectivity index (χ4v) is 7.63. The van der Waals surface area contributed by atoms with E-state index in [0.717, 1.165) is 37.7 Å². The summed E-state index contributed by atoms with van der Waals surface area (Å²) in [7, 11) is 0. The number of carbonyl (C=O) groups is 2. The highest BCUT2D eigenvalue weighted by atomic mass is 16.5. The number of aliphatic hydroxyl groups excluding tert-OH is 1. The monoisotopic (exact) mass is 374 g/mol. The molecule has 0 spiro atoms. The Bertz CT molecular complexity index is 682. The molecule has 4 aliphatic carbocycles. The Morgan fingerprint density at radius 3 is 2.52 bits per heavy atom. The van der Waals surface area contributed by atoms with E-state index in [0.29, 0.717) is 23.7 Å². The van der Waals surface area contributed by atoms with E-state index >= 15 is 0 Å². The summed E-state index contributed by atoms with van der Waals surface area (Å²) in [6, 6.07) is 0. The fraction of sp³-hybridized carbons (Fsp3) is 0.826. The minimum atomic E-state index is -0.442. The first kappa shape index (κ1) is 19.2. The van der Waals surface area contributed by atoms with Gasteiger partial charge in [0.05, 0.1) is 6.10 Å². The van der Waals surface area contributed by atoms with Crippen LogP contribution in [-0.2, 0) is 14.3 Å². The molecule has 0 saturated heterocycles. The maximum atomic E-state index is 12.2. The molecule has 0 aromatic carbocycles. The van der Waals surface area contributed by atoms with Gasteiger partial charge in [0, 0.05) is 12.3 Å². The van der Waals surface area contributed by atoms with Gasteiger partial charge in [0.25, 0.3) is 0 Å². The van der Waals surface area contributed by atoms with Crippen LogP contribution in [0.15, 0.2) is 11.6 Å². The lowest BCUT2D eigenvalue weighted by Crippen LogP contribution is -2.58. The number of esters is 1. The maximum absolute atomic E-state index is 12.2. The van der Waals surface area contributed by atoms with Gasteiger partial charge in [-0.25, -0.2) is 0 Å². The molecular formula is C23H34O4. The van der Waals surface area contributed by atoms with Crippen LogP contribution in [0, 0.1) is 34.5 Å². The number of Topliss-reactive ketones (excluding diaryl/α,β-unsaturated/α-hetero) is 1. The second kappa shape index (κ2) is 6.43. The summed E-state index contributed by atoms with van der Waals surface area (Å²) in [5, 5.41) is 11.2. The molecule has 4 nitrogen and oxygen atoms in total. The van der Waals surface area contributed by atoms with Gasteiger partial charge in [-0.05, 0) is 86.5 Å². The minimum Gasteiger partial charge on any atom is -0.463 e. The zero-order valence-corrected chi connectivity index (χ0v) is 17.2. The summed E-state index contributed by atoms with van der Waals surface area (Å²) in [5.74, 6) is 1.98. The topological polar surface area (TPSA) is 63.6 Å². The first-order valence-electron chi connectivity index (χ1n) is 10.7. The van der Waals surface area contributed by atoms with Crippen molar-refractivity contribution in [1.82, 2.24) is 0 Å². The first-order valence-corrected chi connectivity index (χ1v) is 10.7. The van der Waals surface area contributed by atoms with Gasteiger partial charge in [0.15, 0.2) is 5.78 Å². The molecule has 1 N–H and O–H groups in total. The third kappa shape index (κ3) is 2.73. The molecule has 0 bridgehead atoms. The lowest BCUT2D eigenvalue weighted by molar-refractivity contribution is -0.169. The van der Waals surface area contributed by atoms with E-state index in [1.54, 1.807) is 6.92 Å². The number of ether oxygens (including phenoxy) is 1. The molecule has 0 radical (unpaired) electrons. The molecule has 3 saturated carbocycles. The average molecular weight is 375 g/mol. The van der Waals surface area contributed by atoms with Crippen LogP contribution in [0.5, 0.6) is 0 Å². The number of hydrogen-bond acceptors (Lipinski definition) is 4. The van der Waals surface area contributed by atoms with E-state index in [4.69, 9.17) is 4.74 Å². The number of fused-ring (bicyclic) bond motifs is 5. The molecule has 4 rings (SSSR count). The van der Waals surface area contributed by atoms with E-state index in [1.807, 2.05) is 0 Å². The van der Waals surface area contributed by atoms with Gasteiger partial charge in [0.1, 0.15) is 6.10 Å². The zero-order valence-electron chi connectivity index (χ0n) is 17.2. The van der Waals surface area contributed by atoms with Gasteiger partial charge in [-0.2, -0.15) is 0 Å². The normalized spacial score (nSPS) is 48.7. The first-order chi connectivity index (χ1) is 12.7. The molecular weight excluding hydrogens is 340 g/mol. The Morgan fingerprint density at radius 1 is 1.11 bits per heavy atom. The van der Waals surface area contributed by atoms with Gasteiger partial charge in [-0.1, -0.05) is 19.9 Å².